The summed E-state index contributed by atoms with van der Waals surface area (Å²) in [5.74, 6) is -0.00855. The molecule has 7 heteroatoms. The molecule has 0 aromatic heterocycles. The molecule has 1 fully saturated rings. The molecule has 2 heterocycles. The van der Waals surface area contributed by atoms with Crippen molar-refractivity contribution in [2.24, 2.45) is 0 Å². The van der Waals surface area contributed by atoms with Crippen LogP contribution in [0.2, 0.25) is 0 Å². The second kappa shape index (κ2) is 5.70. The van der Waals surface area contributed by atoms with Gasteiger partial charge in [0.2, 0.25) is 10.0 Å². The van der Waals surface area contributed by atoms with Gasteiger partial charge in [0.15, 0.2) is 5.78 Å². The van der Waals surface area contributed by atoms with Gasteiger partial charge in [-0.1, -0.05) is 30.0 Å². The van der Waals surface area contributed by atoms with Gasteiger partial charge in [0.1, 0.15) is 0 Å². The quantitative estimate of drug-likeness (QED) is 0.885. The Labute approximate surface area is 144 Å². The second-order valence-electron chi connectivity index (χ2n) is 5.94. The molecular formula is C17H15NO4S2. The van der Waals surface area contributed by atoms with Gasteiger partial charge in [-0.25, -0.2) is 8.42 Å². The monoisotopic (exact) mass is 361 g/mol. The van der Waals surface area contributed by atoms with Crippen LogP contribution < -0.4 is 0 Å². The number of carbonyl (C=O) groups is 1. The van der Waals surface area contributed by atoms with E-state index in [1.54, 1.807) is 24.3 Å². The zero-order valence-corrected chi connectivity index (χ0v) is 14.3. The Morgan fingerprint density at radius 2 is 1.83 bits per heavy atom. The number of hydrogen-bond donors (Lipinski definition) is 1. The molecule has 0 saturated carbocycles. The van der Waals surface area contributed by atoms with Crippen molar-refractivity contribution in [2.45, 2.75) is 27.2 Å². The van der Waals surface area contributed by atoms with Crippen LogP contribution in [0.5, 0.6) is 0 Å². The molecule has 0 radical (unpaired) electrons. The Morgan fingerprint density at radius 1 is 1.08 bits per heavy atom. The van der Waals surface area contributed by atoms with Crippen LogP contribution >= 0.6 is 11.8 Å². The summed E-state index contributed by atoms with van der Waals surface area (Å²) in [6.45, 7) is 0.247. The lowest BCUT2D eigenvalue weighted by Crippen LogP contribution is -2.53. The lowest BCUT2D eigenvalue weighted by Gasteiger charge is -2.34. The highest BCUT2D eigenvalue weighted by molar-refractivity contribution is 7.99. The Morgan fingerprint density at radius 3 is 2.58 bits per heavy atom. The summed E-state index contributed by atoms with van der Waals surface area (Å²) in [6.07, 6.45) is -0.405. The largest absolute Gasteiger partial charge is 0.390 e. The predicted molar refractivity (Wildman–Crippen MR) is 89.8 cm³/mol. The molecule has 2 aromatic carbocycles. The smallest absolute Gasteiger partial charge is 0.243 e. The third-order valence-corrected chi connectivity index (χ3v) is 7.28. The normalized spacial score (nSPS) is 18.5. The van der Waals surface area contributed by atoms with Crippen molar-refractivity contribution in [3.8, 4) is 0 Å². The minimum Gasteiger partial charge on any atom is -0.390 e. The molecule has 1 saturated heterocycles. The van der Waals surface area contributed by atoms with Crippen LogP contribution in [0, 0.1) is 0 Å². The summed E-state index contributed by atoms with van der Waals surface area (Å²) in [7, 11) is -3.61. The molecule has 2 aliphatic rings. The molecule has 1 N–H and O–H groups in total. The number of hydrogen-bond acceptors (Lipinski definition) is 5. The van der Waals surface area contributed by atoms with Crippen LogP contribution in [0.3, 0.4) is 0 Å². The van der Waals surface area contributed by atoms with E-state index >= 15 is 0 Å². The van der Waals surface area contributed by atoms with E-state index in [0.29, 0.717) is 5.56 Å². The summed E-state index contributed by atoms with van der Waals surface area (Å²) in [5.41, 5.74) is 1.40. The summed E-state index contributed by atoms with van der Waals surface area (Å²) >= 11 is 1.49. The van der Waals surface area contributed by atoms with Crippen LogP contribution in [0.15, 0.2) is 57.2 Å². The van der Waals surface area contributed by atoms with E-state index in [4.69, 9.17) is 0 Å². The molecule has 0 unspecified atom stereocenters. The van der Waals surface area contributed by atoms with E-state index in [-0.39, 0.29) is 30.2 Å². The molecule has 24 heavy (non-hydrogen) atoms. The first-order valence-electron chi connectivity index (χ1n) is 7.56. The van der Waals surface area contributed by atoms with E-state index in [1.807, 2.05) is 18.2 Å². The Balaban J connectivity index is 1.72. The molecule has 4 rings (SSSR count). The molecule has 124 valence electrons. The average molecular weight is 361 g/mol. The molecule has 0 bridgehead atoms. The Hall–Kier alpha value is -1.67. The maximum Gasteiger partial charge on any atom is 0.243 e. The third kappa shape index (κ3) is 2.57. The van der Waals surface area contributed by atoms with Gasteiger partial charge in [0.25, 0.3) is 0 Å². The van der Waals surface area contributed by atoms with Gasteiger partial charge in [-0.2, -0.15) is 4.31 Å². The van der Waals surface area contributed by atoms with Crippen molar-refractivity contribution in [1.82, 2.24) is 4.31 Å². The molecule has 2 aliphatic heterocycles. The molecular weight excluding hydrogens is 346 g/mol. The standard InChI is InChI=1S/C17H15NO4S2/c19-12-9-18(10-12)24(21,22)13-5-6-16-11(7-13)8-15(20)14-3-1-2-4-17(14)23-16/h1-7,12,19H,8-10H2. The highest BCUT2D eigenvalue weighted by Gasteiger charge is 2.36. The van der Waals surface area contributed by atoms with Gasteiger partial charge in [-0.15, -0.1) is 0 Å². The van der Waals surface area contributed by atoms with E-state index in [2.05, 4.69) is 0 Å². The first-order chi connectivity index (χ1) is 11.4. The zero-order chi connectivity index (χ0) is 16.9. The number of benzene rings is 2. The molecule has 0 aliphatic carbocycles. The SMILES string of the molecule is O=C1Cc2cc(S(=O)(=O)N3CC(O)C3)ccc2Sc2ccccc21. The number of ketones is 1. The average Bonchev–Trinajstić information content (AvgIpc) is 2.67. The lowest BCUT2D eigenvalue weighted by molar-refractivity contribution is 0.0548. The van der Waals surface area contributed by atoms with Crippen LogP contribution in [0.25, 0.3) is 0 Å². The van der Waals surface area contributed by atoms with E-state index in [9.17, 15) is 18.3 Å². The number of nitrogens with zero attached hydrogens (tertiary/aromatic N) is 1. The highest BCUT2D eigenvalue weighted by atomic mass is 32.2. The number of rotatable bonds is 2. The van der Waals surface area contributed by atoms with Crippen molar-refractivity contribution >= 4 is 27.6 Å². The molecule has 0 atom stereocenters. The van der Waals surface area contributed by atoms with Gasteiger partial charge >= 0.3 is 0 Å². The number of β-amino-alcohol motifs (C(OH)–C–C–N with tert-alkyl or cyclic N) is 1. The van der Waals surface area contributed by atoms with Crippen molar-refractivity contribution in [3.05, 3.63) is 53.6 Å². The van der Waals surface area contributed by atoms with Crippen molar-refractivity contribution < 1.29 is 18.3 Å². The maximum absolute atomic E-state index is 12.6. The molecule has 2 aromatic rings. The topological polar surface area (TPSA) is 74.7 Å². The fraction of sp³-hybridized carbons (Fsp3) is 0.235. The number of carbonyl (C=O) groups excluding carboxylic acids is 1. The zero-order valence-electron chi connectivity index (χ0n) is 12.7. The van der Waals surface area contributed by atoms with Crippen molar-refractivity contribution in [2.75, 3.05) is 13.1 Å². The van der Waals surface area contributed by atoms with Crippen LogP contribution in [0.1, 0.15) is 15.9 Å². The predicted octanol–water partition coefficient (Wildman–Crippen LogP) is 1.94. The van der Waals surface area contributed by atoms with Gasteiger partial charge in [-0.05, 0) is 29.8 Å². The Kier molecular flexibility index (Phi) is 3.76. The summed E-state index contributed by atoms with van der Waals surface area (Å²) < 4.78 is 26.4. The number of aliphatic hydroxyl groups is 1. The van der Waals surface area contributed by atoms with E-state index < -0.39 is 16.1 Å². The fourth-order valence-electron chi connectivity index (χ4n) is 2.89. The number of sulfonamides is 1. The van der Waals surface area contributed by atoms with Crippen LogP contribution in [-0.4, -0.2) is 42.8 Å². The van der Waals surface area contributed by atoms with Gasteiger partial charge in [0, 0.05) is 34.9 Å². The number of Topliss-reactive ketones (excluding diaryl/α,β-unsaturated/α-hetero) is 1. The van der Waals surface area contributed by atoms with Crippen molar-refractivity contribution in [1.29, 1.82) is 0 Å². The molecule has 0 amide bonds. The first kappa shape index (κ1) is 15.8. The summed E-state index contributed by atoms with van der Waals surface area (Å²) in [5, 5.41) is 9.34. The molecule has 5 nitrogen and oxygen atoms in total. The first-order valence-corrected chi connectivity index (χ1v) is 9.82. The minimum absolute atomic E-state index is 0.00855. The van der Waals surface area contributed by atoms with E-state index in [0.717, 1.165) is 15.4 Å². The minimum atomic E-state index is -3.61. The van der Waals surface area contributed by atoms with Crippen LogP contribution in [0.4, 0.5) is 0 Å². The van der Waals surface area contributed by atoms with E-state index in [1.165, 1.54) is 16.1 Å². The van der Waals surface area contributed by atoms with Gasteiger partial charge < -0.3 is 5.11 Å². The second-order valence-corrected chi connectivity index (χ2v) is 8.97. The highest BCUT2D eigenvalue weighted by Crippen LogP contribution is 2.38. The van der Waals surface area contributed by atoms with Gasteiger partial charge in [0.05, 0.1) is 11.0 Å². The third-order valence-electron chi connectivity index (χ3n) is 4.26. The lowest BCUT2D eigenvalue weighted by atomic mass is 10.0. The number of fused-ring (bicyclic) bond motifs is 2. The van der Waals surface area contributed by atoms with Crippen molar-refractivity contribution in [3.63, 3.8) is 0 Å². The number of aliphatic hydroxyl groups excluding tert-OH is 1. The van der Waals surface area contributed by atoms with Gasteiger partial charge in [-0.3, -0.25) is 4.79 Å². The fourth-order valence-corrected chi connectivity index (χ4v) is 5.53. The summed E-state index contributed by atoms with van der Waals surface area (Å²) in [6, 6.07) is 12.3. The Bertz CT molecular complexity index is 933. The van der Waals surface area contributed by atoms with Crippen LogP contribution in [-0.2, 0) is 16.4 Å². The summed E-state index contributed by atoms with van der Waals surface area (Å²) in [4.78, 5) is 14.4. The molecule has 0 spiro atoms. The maximum atomic E-state index is 12.6.